The second-order valence-electron chi connectivity index (χ2n) is 5.81. The lowest BCUT2D eigenvalue weighted by molar-refractivity contribution is 0.552. The standard InChI is InChI=1S/C15H18ClN3O2S2/c1-19-14(8-11-6-7-23(20,21)10-11)17-18-15(19)22-9-12-4-2-3-5-13(12)16/h2-5,11H,6-10H2,1H3. The molecular formula is C15H18ClN3O2S2. The summed E-state index contributed by atoms with van der Waals surface area (Å²) in [5, 5.41) is 10.0. The van der Waals surface area contributed by atoms with Crippen molar-refractivity contribution >= 4 is 33.2 Å². The highest BCUT2D eigenvalue weighted by Crippen LogP contribution is 2.27. The third kappa shape index (κ3) is 4.08. The van der Waals surface area contributed by atoms with E-state index in [0.717, 1.165) is 33.7 Å². The van der Waals surface area contributed by atoms with E-state index in [4.69, 9.17) is 11.6 Å². The monoisotopic (exact) mass is 371 g/mol. The van der Waals surface area contributed by atoms with Gasteiger partial charge in [-0.1, -0.05) is 41.6 Å². The first-order valence-corrected chi connectivity index (χ1v) is 10.6. The molecule has 2 heterocycles. The molecule has 2 aromatic rings. The zero-order chi connectivity index (χ0) is 16.4. The van der Waals surface area contributed by atoms with Crippen LogP contribution in [0.15, 0.2) is 29.4 Å². The van der Waals surface area contributed by atoms with E-state index in [1.54, 1.807) is 11.8 Å². The first-order chi connectivity index (χ1) is 10.9. The van der Waals surface area contributed by atoms with Crippen LogP contribution in [-0.2, 0) is 29.1 Å². The summed E-state index contributed by atoms with van der Waals surface area (Å²) in [6.07, 6.45) is 1.38. The number of benzene rings is 1. The number of hydrogen-bond acceptors (Lipinski definition) is 5. The summed E-state index contributed by atoms with van der Waals surface area (Å²) < 4.78 is 25.1. The molecule has 1 aromatic carbocycles. The van der Waals surface area contributed by atoms with Crippen LogP contribution in [0.4, 0.5) is 0 Å². The molecule has 0 radical (unpaired) electrons. The number of rotatable bonds is 5. The van der Waals surface area contributed by atoms with Gasteiger partial charge in [0.1, 0.15) is 5.82 Å². The van der Waals surface area contributed by atoms with E-state index < -0.39 is 9.84 Å². The molecule has 0 saturated carbocycles. The number of nitrogens with zero attached hydrogens (tertiary/aromatic N) is 3. The number of thioether (sulfide) groups is 1. The van der Waals surface area contributed by atoms with E-state index in [1.807, 2.05) is 35.9 Å². The molecule has 0 amide bonds. The average molecular weight is 372 g/mol. The molecule has 0 N–H and O–H groups in total. The molecule has 1 aromatic heterocycles. The SMILES string of the molecule is Cn1c(CC2CCS(=O)(=O)C2)nnc1SCc1ccccc1Cl. The van der Waals surface area contributed by atoms with E-state index in [-0.39, 0.29) is 11.7 Å². The Morgan fingerprint density at radius 1 is 1.35 bits per heavy atom. The van der Waals surface area contributed by atoms with Crippen molar-refractivity contribution < 1.29 is 8.42 Å². The van der Waals surface area contributed by atoms with Gasteiger partial charge in [-0.2, -0.15) is 0 Å². The van der Waals surface area contributed by atoms with Gasteiger partial charge >= 0.3 is 0 Å². The van der Waals surface area contributed by atoms with Crippen LogP contribution >= 0.6 is 23.4 Å². The average Bonchev–Trinajstić information content (AvgIpc) is 3.02. The number of halogens is 1. The third-order valence-corrected chi connectivity index (χ3v) is 7.31. The van der Waals surface area contributed by atoms with Gasteiger partial charge in [0, 0.05) is 24.2 Å². The van der Waals surface area contributed by atoms with Gasteiger partial charge in [-0.3, -0.25) is 0 Å². The quantitative estimate of drug-likeness (QED) is 0.756. The zero-order valence-electron chi connectivity index (χ0n) is 12.8. The van der Waals surface area contributed by atoms with Gasteiger partial charge in [-0.25, -0.2) is 8.42 Å². The normalized spacial score (nSPS) is 20.0. The molecule has 0 aliphatic carbocycles. The Hall–Kier alpha value is -1.05. The molecular weight excluding hydrogens is 354 g/mol. The van der Waals surface area contributed by atoms with Gasteiger partial charge in [-0.15, -0.1) is 10.2 Å². The Labute approximate surface area is 145 Å². The summed E-state index contributed by atoms with van der Waals surface area (Å²) in [5.41, 5.74) is 1.06. The van der Waals surface area contributed by atoms with Crippen LogP contribution in [0.2, 0.25) is 5.02 Å². The molecule has 0 spiro atoms. The topological polar surface area (TPSA) is 64.8 Å². The van der Waals surface area contributed by atoms with Crippen LogP contribution < -0.4 is 0 Å². The summed E-state index contributed by atoms with van der Waals surface area (Å²) in [6, 6.07) is 7.74. The highest BCUT2D eigenvalue weighted by molar-refractivity contribution is 7.98. The van der Waals surface area contributed by atoms with E-state index in [0.29, 0.717) is 12.2 Å². The molecule has 23 heavy (non-hydrogen) atoms. The first-order valence-electron chi connectivity index (χ1n) is 7.39. The van der Waals surface area contributed by atoms with Crippen molar-refractivity contribution in [1.29, 1.82) is 0 Å². The lowest BCUT2D eigenvalue weighted by Crippen LogP contribution is -2.11. The van der Waals surface area contributed by atoms with E-state index in [9.17, 15) is 8.42 Å². The van der Waals surface area contributed by atoms with Crippen molar-refractivity contribution in [3.63, 3.8) is 0 Å². The fourth-order valence-corrected chi connectivity index (χ4v) is 5.78. The van der Waals surface area contributed by atoms with Gasteiger partial charge in [0.25, 0.3) is 0 Å². The molecule has 1 aliphatic heterocycles. The molecule has 8 heteroatoms. The van der Waals surface area contributed by atoms with E-state index in [1.165, 1.54) is 0 Å². The van der Waals surface area contributed by atoms with Crippen molar-refractivity contribution in [1.82, 2.24) is 14.8 Å². The Balaban J connectivity index is 1.64. The van der Waals surface area contributed by atoms with E-state index in [2.05, 4.69) is 10.2 Å². The van der Waals surface area contributed by atoms with Crippen LogP contribution in [0.25, 0.3) is 0 Å². The highest BCUT2D eigenvalue weighted by atomic mass is 35.5. The molecule has 1 aliphatic rings. The molecule has 3 rings (SSSR count). The Morgan fingerprint density at radius 2 is 2.13 bits per heavy atom. The maximum atomic E-state index is 11.6. The highest BCUT2D eigenvalue weighted by Gasteiger charge is 2.29. The molecule has 1 unspecified atom stereocenters. The van der Waals surface area contributed by atoms with Crippen molar-refractivity contribution in [2.75, 3.05) is 11.5 Å². The second-order valence-corrected chi connectivity index (χ2v) is 9.39. The van der Waals surface area contributed by atoms with Gasteiger partial charge in [0.05, 0.1) is 11.5 Å². The fraction of sp³-hybridized carbons (Fsp3) is 0.467. The summed E-state index contributed by atoms with van der Waals surface area (Å²) in [4.78, 5) is 0. The molecule has 124 valence electrons. The minimum Gasteiger partial charge on any atom is -0.309 e. The first kappa shape index (κ1) is 16.8. The van der Waals surface area contributed by atoms with Crippen molar-refractivity contribution in [3.05, 3.63) is 40.7 Å². The van der Waals surface area contributed by atoms with Gasteiger partial charge in [-0.05, 0) is 24.0 Å². The van der Waals surface area contributed by atoms with Gasteiger partial charge in [0.2, 0.25) is 0 Å². The summed E-state index contributed by atoms with van der Waals surface area (Å²) in [6.45, 7) is 0. The minimum atomic E-state index is -2.85. The third-order valence-electron chi connectivity index (χ3n) is 4.04. The van der Waals surface area contributed by atoms with Crippen LogP contribution in [0, 0.1) is 5.92 Å². The van der Waals surface area contributed by atoms with Crippen LogP contribution in [0.3, 0.4) is 0 Å². The largest absolute Gasteiger partial charge is 0.309 e. The number of hydrogen-bond donors (Lipinski definition) is 0. The molecule has 0 bridgehead atoms. The summed E-state index contributed by atoms with van der Waals surface area (Å²) >= 11 is 7.74. The van der Waals surface area contributed by atoms with Crippen LogP contribution in [0.5, 0.6) is 0 Å². The number of aromatic nitrogens is 3. The van der Waals surface area contributed by atoms with Gasteiger partial charge < -0.3 is 4.57 Å². The number of sulfone groups is 1. The minimum absolute atomic E-state index is 0.157. The smallest absolute Gasteiger partial charge is 0.191 e. The fourth-order valence-electron chi connectivity index (χ4n) is 2.70. The summed E-state index contributed by atoms with van der Waals surface area (Å²) in [7, 11) is -0.926. The molecule has 1 saturated heterocycles. The molecule has 5 nitrogen and oxygen atoms in total. The van der Waals surface area contributed by atoms with Crippen molar-refractivity contribution in [2.45, 2.75) is 23.8 Å². The Kier molecular flexibility index (Phi) is 4.98. The second kappa shape index (κ2) is 6.83. The lowest BCUT2D eigenvalue weighted by atomic mass is 10.1. The van der Waals surface area contributed by atoms with Crippen molar-refractivity contribution in [2.24, 2.45) is 13.0 Å². The Bertz CT molecular complexity index is 805. The predicted octanol–water partition coefficient (Wildman–Crippen LogP) is 2.74. The van der Waals surface area contributed by atoms with Crippen LogP contribution in [-0.4, -0.2) is 34.7 Å². The maximum Gasteiger partial charge on any atom is 0.191 e. The molecule has 1 fully saturated rings. The zero-order valence-corrected chi connectivity index (χ0v) is 15.2. The van der Waals surface area contributed by atoms with E-state index >= 15 is 0 Å². The summed E-state index contributed by atoms with van der Waals surface area (Å²) in [5.74, 6) is 2.28. The van der Waals surface area contributed by atoms with Crippen LogP contribution in [0.1, 0.15) is 17.8 Å². The predicted molar refractivity (Wildman–Crippen MR) is 92.5 cm³/mol. The Morgan fingerprint density at radius 3 is 2.83 bits per heavy atom. The maximum absolute atomic E-state index is 11.6. The molecule has 1 atom stereocenters. The van der Waals surface area contributed by atoms with Gasteiger partial charge in [0.15, 0.2) is 15.0 Å². The lowest BCUT2D eigenvalue weighted by Gasteiger charge is -2.08. The van der Waals surface area contributed by atoms with Crippen molar-refractivity contribution in [3.8, 4) is 0 Å².